The molecule has 1 N–H and O–H groups in total. The van der Waals surface area contributed by atoms with Gasteiger partial charge in [-0.15, -0.1) is 0 Å². The first-order valence-corrected chi connectivity index (χ1v) is 6.13. The van der Waals surface area contributed by atoms with Crippen molar-refractivity contribution < 1.29 is 8.78 Å². The summed E-state index contributed by atoms with van der Waals surface area (Å²) in [5.41, 5.74) is 0.777. The summed E-state index contributed by atoms with van der Waals surface area (Å²) in [6.45, 7) is 0. The fourth-order valence-corrected chi connectivity index (χ4v) is 2.01. The van der Waals surface area contributed by atoms with Gasteiger partial charge in [-0.2, -0.15) is 0 Å². The maximum atomic E-state index is 13.6. The first-order chi connectivity index (χ1) is 9.63. The molecule has 1 heterocycles. The summed E-state index contributed by atoms with van der Waals surface area (Å²) in [4.78, 5) is 8.16. The van der Waals surface area contributed by atoms with E-state index in [0.29, 0.717) is 21.7 Å². The zero-order valence-electron chi connectivity index (χ0n) is 10.1. The van der Waals surface area contributed by atoms with Gasteiger partial charge in [0, 0.05) is 16.5 Å². The second-order valence-electron chi connectivity index (χ2n) is 4.13. The van der Waals surface area contributed by atoms with Gasteiger partial charge in [-0.1, -0.05) is 11.6 Å². The number of nitrogens with zero attached hydrogens (tertiary/aromatic N) is 2. The Hall–Kier alpha value is -2.27. The van der Waals surface area contributed by atoms with Gasteiger partial charge in [-0.05, 0) is 30.3 Å². The van der Waals surface area contributed by atoms with Crippen molar-refractivity contribution in [2.24, 2.45) is 0 Å². The number of anilines is 2. The monoisotopic (exact) mass is 291 g/mol. The van der Waals surface area contributed by atoms with Gasteiger partial charge in [0.05, 0.1) is 11.2 Å². The second kappa shape index (κ2) is 5.02. The largest absolute Gasteiger partial charge is 0.337 e. The molecule has 6 heteroatoms. The first kappa shape index (κ1) is 12.7. The molecule has 3 rings (SSSR count). The van der Waals surface area contributed by atoms with Crippen LogP contribution in [0.1, 0.15) is 0 Å². The smallest absolute Gasteiger partial charge is 0.149 e. The SMILES string of the molecule is Fc1ccc(Nc2ncnc3cc(Cl)ccc23)c(F)c1. The van der Waals surface area contributed by atoms with Crippen molar-refractivity contribution in [3.8, 4) is 0 Å². The molecule has 0 aliphatic carbocycles. The van der Waals surface area contributed by atoms with Crippen LogP contribution in [0, 0.1) is 11.6 Å². The third-order valence-corrected chi connectivity index (χ3v) is 3.02. The maximum absolute atomic E-state index is 13.6. The van der Waals surface area contributed by atoms with Crippen molar-refractivity contribution in [2.45, 2.75) is 0 Å². The van der Waals surface area contributed by atoms with Gasteiger partial charge in [0.2, 0.25) is 0 Å². The third-order valence-electron chi connectivity index (χ3n) is 2.78. The zero-order valence-corrected chi connectivity index (χ0v) is 10.8. The number of rotatable bonds is 2. The lowest BCUT2D eigenvalue weighted by Crippen LogP contribution is -1.98. The highest BCUT2D eigenvalue weighted by molar-refractivity contribution is 6.31. The van der Waals surface area contributed by atoms with Crippen LogP contribution in [0.5, 0.6) is 0 Å². The molecule has 0 saturated heterocycles. The van der Waals surface area contributed by atoms with E-state index < -0.39 is 11.6 Å². The number of hydrogen-bond acceptors (Lipinski definition) is 3. The zero-order chi connectivity index (χ0) is 14.1. The Morgan fingerprint density at radius 3 is 2.65 bits per heavy atom. The number of benzene rings is 2. The minimum Gasteiger partial charge on any atom is -0.337 e. The molecular weight excluding hydrogens is 284 g/mol. The van der Waals surface area contributed by atoms with Crippen LogP contribution in [0.3, 0.4) is 0 Å². The van der Waals surface area contributed by atoms with Crippen LogP contribution in [0.2, 0.25) is 5.02 Å². The Morgan fingerprint density at radius 2 is 1.85 bits per heavy atom. The quantitative estimate of drug-likeness (QED) is 0.765. The summed E-state index contributed by atoms with van der Waals surface area (Å²) < 4.78 is 26.5. The molecule has 0 amide bonds. The van der Waals surface area contributed by atoms with E-state index in [0.717, 1.165) is 6.07 Å². The lowest BCUT2D eigenvalue weighted by Gasteiger charge is -2.09. The van der Waals surface area contributed by atoms with Crippen LogP contribution >= 0.6 is 11.6 Å². The first-order valence-electron chi connectivity index (χ1n) is 5.76. The van der Waals surface area contributed by atoms with E-state index in [9.17, 15) is 8.78 Å². The second-order valence-corrected chi connectivity index (χ2v) is 4.57. The standard InChI is InChI=1S/C14H8ClF2N3/c15-8-1-3-10-13(5-8)18-7-19-14(10)20-12-4-2-9(16)6-11(12)17/h1-7H,(H,18,19,20). The van der Waals surface area contributed by atoms with Crippen molar-refractivity contribution in [2.75, 3.05) is 5.32 Å². The molecule has 0 atom stereocenters. The number of hydrogen-bond donors (Lipinski definition) is 1. The average molecular weight is 292 g/mol. The van der Waals surface area contributed by atoms with E-state index in [1.807, 2.05) is 0 Å². The highest BCUT2D eigenvalue weighted by Crippen LogP contribution is 2.26. The fraction of sp³-hybridized carbons (Fsp3) is 0. The normalized spacial score (nSPS) is 10.8. The van der Waals surface area contributed by atoms with Crippen LogP contribution in [0.25, 0.3) is 10.9 Å². The van der Waals surface area contributed by atoms with Crippen LogP contribution in [-0.4, -0.2) is 9.97 Å². The number of aromatic nitrogens is 2. The molecule has 100 valence electrons. The van der Waals surface area contributed by atoms with Gasteiger partial charge < -0.3 is 5.32 Å². The summed E-state index contributed by atoms with van der Waals surface area (Å²) >= 11 is 5.89. The maximum Gasteiger partial charge on any atom is 0.149 e. The van der Waals surface area contributed by atoms with E-state index in [-0.39, 0.29) is 5.69 Å². The number of fused-ring (bicyclic) bond motifs is 1. The van der Waals surface area contributed by atoms with Gasteiger partial charge >= 0.3 is 0 Å². The minimum absolute atomic E-state index is 0.140. The van der Waals surface area contributed by atoms with E-state index in [2.05, 4.69) is 15.3 Å². The lowest BCUT2D eigenvalue weighted by molar-refractivity contribution is 0.586. The van der Waals surface area contributed by atoms with E-state index in [1.165, 1.54) is 18.5 Å². The Labute approximate surface area is 118 Å². The Bertz CT molecular complexity index is 792. The fourth-order valence-electron chi connectivity index (χ4n) is 1.85. The predicted octanol–water partition coefficient (Wildman–Crippen LogP) is 4.31. The van der Waals surface area contributed by atoms with Crippen LogP contribution < -0.4 is 5.32 Å². The van der Waals surface area contributed by atoms with E-state index in [4.69, 9.17) is 11.6 Å². The Morgan fingerprint density at radius 1 is 1.00 bits per heavy atom. The minimum atomic E-state index is -0.689. The topological polar surface area (TPSA) is 37.8 Å². The molecular formula is C14H8ClF2N3. The summed E-state index contributed by atoms with van der Waals surface area (Å²) in [5.74, 6) is -0.893. The molecule has 0 bridgehead atoms. The molecule has 0 fully saturated rings. The van der Waals surface area contributed by atoms with Crippen molar-refractivity contribution in [1.82, 2.24) is 9.97 Å². The Balaban J connectivity index is 2.06. The number of halogens is 3. The molecule has 0 radical (unpaired) electrons. The van der Waals surface area contributed by atoms with Crippen molar-refractivity contribution in [3.63, 3.8) is 0 Å². The molecule has 0 spiro atoms. The number of nitrogens with one attached hydrogen (secondary N) is 1. The summed E-state index contributed by atoms with van der Waals surface area (Å²) in [6.07, 6.45) is 1.35. The van der Waals surface area contributed by atoms with Gasteiger partial charge in [0.1, 0.15) is 23.8 Å². The highest BCUT2D eigenvalue weighted by atomic mass is 35.5. The van der Waals surface area contributed by atoms with Gasteiger partial charge in [0.15, 0.2) is 0 Å². The molecule has 20 heavy (non-hydrogen) atoms. The molecule has 1 aromatic heterocycles. The van der Waals surface area contributed by atoms with Gasteiger partial charge in [0.25, 0.3) is 0 Å². The average Bonchev–Trinajstić information content (AvgIpc) is 2.41. The molecule has 3 aromatic rings. The van der Waals surface area contributed by atoms with Crippen molar-refractivity contribution in [1.29, 1.82) is 0 Å². The Kier molecular flexibility index (Phi) is 3.20. The van der Waals surface area contributed by atoms with Crippen molar-refractivity contribution >= 4 is 34.0 Å². The summed E-state index contributed by atoms with van der Waals surface area (Å²) in [5, 5.41) is 4.07. The van der Waals surface area contributed by atoms with E-state index in [1.54, 1.807) is 18.2 Å². The van der Waals surface area contributed by atoms with Crippen LogP contribution in [0.15, 0.2) is 42.7 Å². The summed E-state index contributed by atoms with van der Waals surface area (Å²) in [6, 6.07) is 8.41. The molecule has 2 aromatic carbocycles. The molecule has 0 unspecified atom stereocenters. The van der Waals surface area contributed by atoms with Gasteiger partial charge in [-0.25, -0.2) is 18.7 Å². The molecule has 0 aliphatic heterocycles. The molecule has 0 aliphatic rings. The van der Waals surface area contributed by atoms with Gasteiger partial charge in [-0.3, -0.25) is 0 Å². The van der Waals surface area contributed by atoms with Crippen LogP contribution in [0.4, 0.5) is 20.3 Å². The van der Waals surface area contributed by atoms with E-state index >= 15 is 0 Å². The predicted molar refractivity (Wildman–Crippen MR) is 74.2 cm³/mol. The molecule has 0 saturated carbocycles. The lowest BCUT2D eigenvalue weighted by atomic mass is 10.2. The van der Waals surface area contributed by atoms with Crippen molar-refractivity contribution in [3.05, 3.63) is 59.4 Å². The van der Waals surface area contributed by atoms with Crippen LogP contribution in [-0.2, 0) is 0 Å². The highest BCUT2D eigenvalue weighted by Gasteiger charge is 2.08. The summed E-state index contributed by atoms with van der Waals surface area (Å²) in [7, 11) is 0. The third kappa shape index (κ3) is 2.40. The molecule has 3 nitrogen and oxygen atoms in total.